The summed E-state index contributed by atoms with van der Waals surface area (Å²) >= 11 is 0. The summed E-state index contributed by atoms with van der Waals surface area (Å²) in [4.78, 5) is 2.28. The number of aromatic nitrogens is 2. The maximum Gasteiger partial charge on any atom is 0.151 e. The van der Waals surface area contributed by atoms with E-state index in [1.165, 1.54) is 0 Å². The van der Waals surface area contributed by atoms with Gasteiger partial charge in [-0.05, 0) is 37.8 Å². The number of hydrogen-bond donors (Lipinski definition) is 1. The zero-order valence-corrected chi connectivity index (χ0v) is 11.3. The Morgan fingerprint density at radius 2 is 1.79 bits per heavy atom. The average molecular weight is 262 g/mol. The molecule has 3 heterocycles. The molecule has 2 aliphatic heterocycles. The molecule has 19 heavy (non-hydrogen) atoms. The highest BCUT2D eigenvalue weighted by atomic mass is 16.5. The van der Waals surface area contributed by atoms with Gasteiger partial charge in [0, 0.05) is 38.3 Å². The zero-order chi connectivity index (χ0) is 13.1. The lowest BCUT2D eigenvalue weighted by molar-refractivity contribution is 0.0843. The molecule has 0 unspecified atom stereocenters. The van der Waals surface area contributed by atoms with Crippen LogP contribution in [0.15, 0.2) is 12.1 Å². The van der Waals surface area contributed by atoms with Crippen molar-refractivity contribution in [3.8, 4) is 0 Å². The number of rotatable bonds is 2. The van der Waals surface area contributed by atoms with Crippen molar-refractivity contribution in [2.75, 3.05) is 31.2 Å². The molecule has 2 aliphatic rings. The van der Waals surface area contributed by atoms with Crippen LogP contribution < -0.4 is 10.6 Å². The van der Waals surface area contributed by atoms with Gasteiger partial charge >= 0.3 is 0 Å². The Bertz CT molecular complexity index is 394. The first-order valence-electron chi connectivity index (χ1n) is 7.25. The predicted molar refractivity (Wildman–Crippen MR) is 74.2 cm³/mol. The van der Waals surface area contributed by atoms with Gasteiger partial charge in [0.15, 0.2) is 5.82 Å². The molecule has 5 nitrogen and oxygen atoms in total. The van der Waals surface area contributed by atoms with E-state index in [1.807, 2.05) is 0 Å². The Labute approximate surface area is 114 Å². The van der Waals surface area contributed by atoms with Gasteiger partial charge in [0.05, 0.1) is 5.69 Å². The molecule has 0 amide bonds. The Balaban J connectivity index is 1.65. The number of anilines is 1. The third-order valence-corrected chi connectivity index (χ3v) is 4.17. The first kappa shape index (κ1) is 12.8. The Morgan fingerprint density at radius 1 is 1.05 bits per heavy atom. The minimum Gasteiger partial charge on any atom is -0.381 e. The number of hydrogen-bond acceptors (Lipinski definition) is 5. The van der Waals surface area contributed by atoms with E-state index < -0.39 is 0 Å². The number of piperidine rings is 1. The van der Waals surface area contributed by atoms with E-state index in [-0.39, 0.29) is 0 Å². The number of ether oxygens (including phenoxy) is 1. The minimum absolute atomic E-state index is 0.353. The predicted octanol–water partition coefficient (Wildman–Crippen LogP) is 1.30. The first-order valence-corrected chi connectivity index (χ1v) is 7.25. The van der Waals surface area contributed by atoms with E-state index in [0.29, 0.717) is 12.0 Å². The highest BCUT2D eigenvalue weighted by Gasteiger charge is 2.20. The third-order valence-electron chi connectivity index (χ3n) is 4.17. The van der Waals surface area contributed by atoms with Crippen LogP contribution in [0.3, 0.4) is 0 Å². The van der Waals surface area contributed by atoms with Crippen molar-refractivity contribution in [1.29, 1.82) is 0 Å². The lowest BCUT2D eigenvalue weighted by Crippen LogP contribution is -2.40. The molecule has 0 spiro atoms. The second-order valence-electron chi connectivity index (χ2n) is 5.53. The molecule has 5 heteroatoms. The van der Waals surface area contributed by atoms with Crippen LogP contribution >= 0.6 is 0 Å². The number of nitrogens with two attached hydrogens (primary N) is 1. The molecular weight excluding hydrogens is 240 g/mol. The molecule has 0 radical (unpaired) electrons. The van der Waals surface area contributed by atoms with E-state index >= 15 is 0 Å². The van der Waals surface area contributed by atoms with Gasteiger partial charge in [-0.15, -0.1) is 5.10 Å². The van der Waals surface area contributed by atoms with Crippen LogP contribution in [-0.4, -0.2) is 42.5 Å². The SMILES string of the molecule is NC1CCN(c2ccc(C3CCOCC3)nn2)CC1. The van der Waals surface area contributed by atoms with Crippen molar-refractivity contribution in [3.05, 3.63) is 17.8 Å². The van der Waals surface area contributed by atoms with Gasteiger partial charge in [-0.2, -0.15) is 5.10 Å². The maximum atomic E-state index is 5.92. The molecule has 1 aromatic rings. The van der Waals surface area contributed by atoms with Gasteiger partial charge in [0.25, 0.3) is 0 Å². The van der Waals surface area contributed by atoms with E-state index in [9.17, 15) is 0 Å². The molecule has 0 bridgehead atoms. The zero-order valence-electron chi connectivity index (χ0n) is 11.3. The summed E-state index contributed by atoms with van der Waals surface area (Å²) in [6, 6.07) is 4.59. The first-order chi connectivity index (χ1) is 9.33. The van der Waals surface area contributed by atoms with E-state index in [4.69, 9.17) is 10.5 Å². The summed E-state index contributed by atoms with van der Waals surface area (Å²) in [7, 11) is 0. The molecule has 0 atom stereocenters. The second kappa shape index (κ2) is 5.84. The van der Waals surface area contributed by atoms with E-state index in [2.05, 4.69) is 27.2 Å². The monoisotopic (exact) mass is 262 g/mol. The van der Waals surface area contributed by atoms with Crippen molar-refractivity contribution in [2.24, 2.45) is 5.73 Å². The third kappa shape index (κ3) is 3.04. The summed E-state index contributed by atoms with van der Waals surface area (Å²) in [5.74, 6) is 1.51. The summed E-state index contributed by atoms with van der Waals surface area (Å²) < 4.78 is 5.38. The Kier molecular flexibility index (Phi) is 3.94. The summed E-state index contributed by atoms with van der Waals surface area (Å²) in [5.41, 5.74) is 7.03. The van der Waals surface area contributed by atoms with Crippen LogP contribution in [0.5, 0.6) is 0 Å². The second-order valence-corrected chi connectivity index (χ2v) is 5.53. The van der Waals surface area contributed by atoms with Gasteiger partial charge in [0.2, 0.25) is 0 Å². The van der Waals surface area contributed by atoms with Gasteiger partial charge in [-0.1, -0.05) is 0 Å². The largest absolute Gasteiger partial charge is 0.381 e. The highest BCUT2D eigenvalue weighted by Crippen LogP contribution is 2.26. The maximum absolute atomic E-state index is 5.92. The Morgan fingerprint density at radius 3 is 2.42 bits per heavy atom. The molecule has 1 aromatic heterocycles. The van der Waals surface area contributed by atoms with Gasteiger partial charge < -0.3 is 15.4 Å². The summed E-state index contributed by atoms with van der Waals surface area (Å²) in [6.45, 7) is 3.68. The van der Waals surface area contributed by atoms with Crippen LogP contribution in [0, 0.1) is 0 Å². The van der Waals surface area contributed by atoms with Crippen LogP contribution in [0.1, 0.15) is 37.3 Å². The average Bonchev–Trinajstić information content (AvgIpc) is 2.49. The Hall–Kier alpha value is -1.20. The smallest absolute Gasteiger partial charge is 0.151 e. The summed E-state index contributed by atoms with van der Waals surface area (Å²) in [5, 5.41) is 8.81. The fourth-order valence-electron chi connectivity index (χ4n) is 2.84. The lowest BCUT2D eigenvalue weighted by Gasteiger charge is -2.30. The minimum atomic E-state index is 0.353. The topological polar surface area (TPSA) is 64.3 Å². The molecule has 0 aliphatic carbocycles. The fourth-order valence-corrected chi connectivity index (χ4v) is 2.84. The lowest BCUT2D eigenvalue weighted by atomic mass is 9.96. The van der Waals surface area contributed by atoms with Crippen LogP contribution in [0.2, 0.25) is 0 Å². The van der Waals surface area contributed by atoms with Crippen LogP contribution in [0.4, 0.5) is 5.82 Å². The van der Waals surface area contributed by atoms with Crippen molar-refractivity contribution in [1.82, 2.24) is 10.2 Å². The van der Waals surface area contributed by atoms with E-state index in [1.54, 1.807) is 0 Å². The molecule has 3 rings (SSSR count). The molecule has 0 saturated carbocycles. The van der Waals surface area contributed by atoms with E-state index in [0.717, 1.165) is 63.5 Å². The van der Waals surface area contributed by atoms with Crippen molar-refractivity contribution >= 4 is 5.82 Å². The van der Waals surface area contributed by atoms with Crippen LogP contribution in [-0.2, 0) is 4.74 Å². The van der Waals surface area contributed by atoms with Gasteiger partial charge in [-0.3, -0.25) is 0 Å². The standard InChI is InChI=1S/C14H22N4O/c15-12-3-7-18(8-4-12)14-2-1-13(16-17-14)11-5-9-19-10-6-11/h1-2,11-12H,3-10,15H2. The molecule has 104 valence electrons. The van der Waals surface area contributed by atoms with Crippen molar-refractivity contribution in [2.45, 2.75) is 37.6 Å². The fraction of sp³-hybridized carbons (Fsp3) is 0.714. The molecule has 0 aromatic carbocycles. The van der Waals surface area contributed by atoms with Gasteiger partial charge in [-0.25, -0.2) is 0 Å². The molecular formula is C14H22N4O. The highest BCUT2D eigenvalue weighted by molar-refractivity contribution is 5.38. The quantitative estimate of drug-likeness (QED) is 0.870. The summed E-state index contributed by atoms with van der Waals surface area (Å²) in [6.07, 6.45) is 4.21. The normalized spacial score (nSPS) is 22.7. The van der Waals surface area contributed by atoms with Crippen molar-refractivity contribution in [3.63, 3.8) is 0 Å². The number of nitrogens with zero attached hydrogens (tertiary/aromatic N) is 3. The molecule has 2 N–H and O–H groups in total. The van der Waals surface area contributed by atoms with Gasteiger partial charge in [0.1, 0.15) is 0 Å². The van der Waals surface area contributed by atoms with Crippen molar-refractivity contribution < 1.29 is 4.74 Å². The van der Waals surface area contributed by atoms with Crippen LogP contribution in [0.25, 0.3) is 0 Å². The molecule has 2 fully saturated rings. The molecule has 2 saturated heterocycles.